The number of imide groups is 1. The smallest absolute Gasteiger partial charge is 0.326 e. The van der Waals surface area contributed by atoms with Crippen LogP contribution in [0.1, 0.15) is 47.8 Å². The lowest BCUT2D eigenvalue weighted by atomic mass is 9.96. The van der Waals surface area contributed by atoms with Crippen LogP contribution in [0.2, 0.25) is 0 Å². The van der Waals surface area contributed by atoms with Crippen molar-refractivity contribution in [3.05, 3.63) is 34.4 Å². The molecule has 1 saturated heterocycles. The number of hydrogen-bond donors (Lipinski definition) is 1. The molecule has 2 rings (SSSR count). The molecule has 7 heteroatoms. The van der Waals surface area contributed by atoms with Crippen molar-refractivity contribution in [2.45, 2.75) is 53.2 Å². The van der Waals surface area contributed by atoms with Crippen molar-refractivity contribution >= 4 is 23.7 Å². The minimum Gasteiger partial charge on any atom is -0.453 e. The SMILES string of the molecule is Cc1cc(C)c(C(=O)C(C)OC(=O)CN2C(=O)NC(C)(C)C2=O)cc1C. The average Bonchev–Trinajstić information content (AvgIpc) is 2.72. The topological polar surface area (TPSA) is 92.8 Å². The van der Waals surface area contributed by atoms with Gasteiger partial charge in [0, 0.05) is 5.56 Å². The highest BCUT2D eigenvalue weighted by Crippen LogP contribution is 2.19. The van der Waals surface area contributed by atoms with E-state index in [-0.39, 0.29) is 5.78 Å². The van der Waals surface area contributed by atoms with Crippen molar-refractivity contribution in [1.82, 2.24) is 10.2 Å². The number of rotatable bonds is 5. The molecule has 3 amide bonds. The standard InChI is InChI=1S/C19H24N2O5/c1-10-7-12(3)14(8-11(10)2)16(23)13(4)26-15(22)9-21-17(24)19(5,6)20-18(21)25/h7-8,13H,9H2,1-6H3,(H,20,25). The first-order valence-electron chi connectivity index (χ1n) is 8.39. The number of urea groups is 1. The Hall–Kier alpha value is -2.70. The Morgan fingerprint density at radius 3 is 2.23 bits per heavy atom. The van der Waals surface area contributed by atoms with E-state index in [4.69, 9.17) is 4.74 Å². The largest absolute Gasteiger partial charge is 0.453 e. The molecule has 0 saturated carbocycles. The van der Waals surface area contributed by atoms with Crippen LogP contribution < -0.4 is 5.32 Å². The number of benzene rings is 1. The van der Waals surface area contributed by atoms with Gasteiger partial charge in [0.2, 0.25) is 5.78 Å². The van der Waals surface area contributed by atoms with E-state index in [1.165, 1.54) is 6.92 Å². The molecule has 140 valence electrons. The Labute approximate surface area is 152 Å². The predicted molar refractivity (Wildman–Crippen MR) is 94.9 cm³/mol. The molecule has 26 heavy (non-hydrogen) atoms. The Bertz CT molecular complexity index is 797. The number of carbonyl (C=O) groups is 4. The molecule has 1 aromatic carbocycles. The van der Waals surface area contributed by atoms with Crippen molar-refractivity contribution < 1.29 is 23.9 Å². The van der Waals surface area contributed by atoms with Crippen LogP contribution in [0.4, 0.5) is 4.79 Å². The summed E-state index contributed by atoms with van der Waals surface area (Å²) in [7, 11) is 0. The number of Topliss-reactive ketones (excluding diaryl/α,β-unsaturated/α-hetero) is 1. The Morgan fingerprint density at radius 1 is 1.12 bits per heavy atom. The molecule has 1 atom stereocenters. The molecular weight excluding hydrogens is 336 g/mol. The summed E-state index contributed by atoms with van der Waals surface area (Å²) in [6.07, 6.45) is -1.02. The van der Waals surface area contributed by atoms with Gasteiger partial charge in [0.05, 0.1) is 0 Å². The maximum Gasteiger partial charge on any atom is 0.326 e. The van der Waals surface area contributed by atoms with Gasteiger partial charge in [0.25, 0.3) is 5.91 Å². The van der Waals surface area contributed by atoms with E-state index in [0.29, 0.717) is 5.56 Å². The predicted octanol–water partition coefficient (Wildman–Crippen LogP) is 2.06. The third-order valence-corrected chi connectivity index (χ3v) is 4.52. The highest BCUT2D eigenvalue weighted by Gasteiger charge is 2.45. The van der Waals surface area contributed by atoms with Gasteiger partial charge in [-0.05, 0) is 64.3 Å². The van der Waals surface area contributed by atoms with Gasteiger partial charge in [-0.15, -0.1) is 0 Å². The van der Waals surface area contributed by atoms with Crippen LogP contribution >= 0.6 is 0 Å². The van der Waals surface area contributed by atoms with E-state index in [2.05, 4.69) is 5.32 Å². The van der Waals surface area contributed by atoms with Gasteiger partial charge >= 0.3 is 12.0 Å². The van der Waals surface area contributed by atoms with Crippen LogP contribution in [0.25, 0.3) is 0 Å². The first-order valence-corrected chi connectivity index (χ1v) is 8.39. The maximum absolute atomic E-state index is 12.6. The van der Waals surface area contributed by atoms with Gasteiger partial charge in [0.1, 0.15) is 12.1 Å². The van der Waals surface area contributed by atoms with Gasteiger partial charge in [0.15, 0.2) is 6.10 Å². The monoisotopic (exact) mass is 360 g/mol. The fourth-order valence-corrected chi connectivity index (χ4v) is 2.82. The lowest BCUT2D eigenvalue weighted by Crippen LogP contribution is -2.41. The summed E-state index contributed by atoms with van der Waals surface area (Å²) in [6, 6.07) is 3.03. The summed E-state index contributed by atoms with van der Waals surface area (Å²) in [4.78, 5) is 49.4. The van der Waals surface area contributed by atoms with Crippen molar-refractivity contribution in [3.8, 4) is 0 Å². The molecule has 1 aliphatic rings. The van der Waals surface area contributed by atoms with Gasteiger partial charge in [-0.1, -0.05) is 6.07 Å². The highest BCUT2D eigenvalue weighted by molar-refractivity contribution is 6.08. The van der Waals surface area contributed by atoms with Crippen LogP contribution in [0.15, 0.2) is 12.1 Å². The van der Waals surface area contributed by atoms with Crippen molar-refractivity contribution in [2.24, 2.45) is 0 Å². The zero-order chi connectivity index (χ0) is 19.8. The zero-order valence-electron chi connectivity index (χ0n) is 15.9. The number of esters is 1. The molecule has 1 aliphatic heterocycles. The van der Waals surface area contributed by atoms with E-state index in [1.807, 2.05) is 26.8 Å². The number of nitrogens with zero attached hydrogens (tertiary/aromatic N) is 1. The zero-order valence-corrected chi connectivity index (χ0v) is 15.9. The number of nitrogens with one attached hydrogen (secondary N) is 1. The molecule has 1 N–H and O–H groups in total. The molecule has 1 heterocycles. The molecule has 0 radical (unpaired) electrons. The molecule has 1 fully saturated rings. The van der Waals surface area contributed by atoms with Crippen LogP contribution in [0.3, 0.4) is 0 Å². The molecular formula is C19H24N2O5. The number of carbonyl (C=O) groups excluding carboxylic acids is 4. The Kier molecular flexibility index (Phi) is 5.21. The van der Waals surface area contributed by atoms with Gasteiger partial charge < -0.3 is 10.1 Å². The summed E-state index contributed by atoms with van der Waals surface area (Å²) < 4.78 is 5.16. The number of ether oxygens (including phenoxy) is 1. The first-order chi connectivity index (χ1) is 11.9. The number of hydrogen-bond acceptors (Lipinski definition) is 5. The summed E-state index contributed by atoms with van der Waals surface area (Å²) in [5.74, 6) is -1.64. The quantitative estimate of drug-likeness (QED) is 0.493. The summed E-state index contributed by atoms with van der Waals surface area (Å²) in [5.41, 5.74) is 2.28. The van der Waals surface area contributed by atoms with Crippen molar-refractivity contribution in [2.75, 3.05) is 6.54 Å². The maximum atomic E-state index is 12.6. The van der Waals surface area contributed by atoms with E-state index in [9.17, 15) is 19.2 Å². The Balaban J connectivity index is 2.05. The molecule has 7 nitrogen and oxygen atoms in total. The number of ketones is 1. The minimum absolute atomic E-state index is 0.323. The van der Waals surface area contributed by atoms with Gasteiger partial charge in [-0.2, -0.15) is 0 Å². The molecule has 0 spiro atoms. The molecule has 1 aromatic rings. The van der Waals surface area contributed by atoms with Gasteiger partial charge in [-0.3, -0.25) is 19.3 Å². The first kappa shape index (κ1) is 19.6. The van der Waals surface area contributed by atoms with Crippen molar-refractivity contribution in [1.29, 1.82) is 0 Å². The second-order valence-electron chi connectivity index (χ2n) is 7.19. The van der Waals surface area contributed by atoms with Crippen LogP contribution in [0.5, 0.6) is 0 Å². The number of amides is 3. The van der Waals surface area contributed by atoms with Crippen LogP contribution in [-0.4, -0.2) is 46.8 Å². The summed E-state index contributed by atoms with van der Waals surface area (Å²) >= 11 is 0. The minimum atomic E-state index is -1.06. The van der Waals surface area contributed by atoms with E-state index in [0.717, 1.165) is 21.6 Å². The molecule has 0 bridgehead atoms. The van der Waals surface area contributed by atoms with Crippen LogP contribution in [0, 0.1) is 20.8 Å². The normalized spacial score (nSPS) is 17.1. The average molecular weight is 360 g/mol. The molecule has 0 aromatic heterocycles. The lowest BCUT2D eigenvalue weighted by Gasteiger charge is -2.18. The fourth-order valence-electron chi connectivity index (χ4n) is 2.82. The lowest BCUT2D eigenvalue weighted by molar-refractivity contribution is -0.149. The molecule has 0 aliphatic carbocycles. The Morgan fingerprint density at radius 2 is 1.69 bits per heavy atom. The van der Waals surface area contributed by atoms with E-state index in [1.54, 1.807) is 19.9 Å². The van der Waals surface area contributed by atoms with E-state index >= 15 is 0 Å². The van der Waals surface area contributed by atoms with Gasteiger partial charge in [-0.25, -0.2) is 4.79 Å². The second kappa shape index (κ2) is 6.90. The summed E-state index contributed by atoms with van der Waals surface area (Å²) in [6.45, 7) is 9.73. The third kappa shape index (κ3) is 3.76. The summed E-state index contributed by atoms with van der Waals surface area (Å²) in [5, 5.41) is 2.48. The van der Waals surface area contributed by atoms with E-state index < -0.39 is 36.1 Å². The second-order valence-corrected chi connectivity index (χ2v) is 7.19. The van der Waals surface area contributed by atoms with Crippen molar-refractivity contribution in [3.63, 3.8) is 0 Å². The molecule has 1 unspecified atom stereocenters. The third-order valence-electron chi connectivity index (χ3n) is 4.52. The highest BCUT2D eigenvalue weighted by atomic mass is 16.5. The van der Waals surface area contributed by atoms with Crippen LogP contribution in [-0.2, 0) is 14.3 Å². The fraction of sp³-hybridized carbons (Fsp3) is 0.474. The number of aryl methyl sites for hydroxylation is 3.